The second-order valence-electron chi connectivity index (χ2n) is 13.0. The van der Waals surface area contributed by atoms with Crippen LogP contribution in [0.2, 0.25) is 0 Å². The summed E-state index contributed by atoms with van der Waals surface area (Å²) in [5.41, 5.74) is -0.428. The molecule has 0 spiro atoms. The summed E-state index contributed by atoms with van der Waals surface area (Å²) in [4.78, 5) is 0. The summed E-state index contributed by atoms with van der Waals surface area (Å²) in [5, 5.41) is 32.8. The molecule has 0 aromatic rings. The second-order valence-corrected chi connectivity index (χ2v) is 13.0. The normalized spacial score (nSPS) is 49.1. The molecule has 3 unspecified atom stereocenters. The maximum Gasteiger partial charge on any atom is 0.0910 e. The molecule has 0 aromatic carbocycles. The summed E-state index contributed by atoms with van der Waals surface area (Å²) in [5.74, 6) is 3.71. The molecule has 0 aromatic heterocycles. The highest BCUT2D eigenvalue weighted by molar-refractivity contribution is 5.12. The Bertz CT molecular complexity index is 615. The van der Waals surface area contributed by atoms with Gasteiger partial charge in [0, 0.05) is 0 Å². The second kappa shape index (κ2) is 8.03. The molecule has 10 atom stereocenters. The molecule has 0 bridgehead atoms. The molecule has 4 fully saturated rings. The zero-order chi connectivity index (χ0) is 21.9. The lowest BCUT2D eigenvalue weighted by Gasteiger charge is -2.61. The average molecular weight is 421 g/mol. The Hall–Kier alpha value is -0.120. The molecule has 0 saturated heterocycles. The minimum Gasteiger partial charge on any atom is -0.393 e. The van der Waals surface area contributed by atoms with E-state index in [2.05, 4.69) is 27.7 Å². The van der Waals surface area contributed by atoms with E-state index in [4.69, 9.17) is 0 Å². The van der Waals surface area contributed by atoms with Gasteiger partial charge in [0.25, 0.3) is 0 Å². The van der Waals surface area contributed by atoms with Crippen LogP contribution in [0.25, 0.3) is 0 Å². The van der Waals surface area contributed by atoms with E-state index >= 15 is 0 Å². The molecule has 174 valence electrons. The van der Waals surface area contributed by atoms with Crippen LogP contribution in [-0.2, 0) is 0 Å². The number of hydrogen-bond acceptors (Lipinski definition) is 3. The minimum absolute atomic E-state index is 0.0771. The molecule has 0 aliphatic heterocycles. The number of aliphatic hydroxyl groups is 3. The van der Waals surface area contributed by atoms with Crippen molar-refractivity contribution in [3.63, 3.8) is 0 Å². The molecule has 3 N–H and O–H groups in total. The largest absolute Gasteiger partial charge is 0.393 e. The van der Waals surface area contributed by atoms with Gasteiger partial charge in [-0.1, -0.05) is 27.7 Å². The van der Waals surface area contributed by atoms with E-state index in [0.717, 1.165) is 37.5 Å². The molecular formula is C27H48O3. The summed E-state index contributed by atoms with van der Waals surface area (Å²) in [6.45, 7) is 11.3. The summed E-state index contributed by atoms with van der Waals surface area (Å²) < 4.78 is 0. The van der Waals surface area contributed by atoms with Gasteiger partial charge in [-0.15, -0.1) is 0 Å². The maximum atomic E-state index is 11.6. The van der Waals surface area contributed by atoms with Crippen LogP contribution >= 0.6 is 0 Å². The van der Waals surface area contributed by atoms with Gasteiger partial charge in [0.05, 0.1) is 17.8 Å². The van der Waals surface area contributed by atoms with Crippen molar-refractivity contribution in [2.24, 2.45) is 46.3 Å². The molecule has 0 radical (unpaired) electrons. The number of aliphatic hydroxyl groups excluding tert-OH is 2. The van der Waals surface area contributed by atoms with Crippen LogP contribution in [0.5, 0.6) is 0 Å². The summed E-state index contributed by atoms with van der Waals surface area (Å²) in [6.07, 6.45) is 11.5. The maximum absolute atomic E-state index is 11.6. The molecule has 30 heavy (non-hydrogen) atoms. The van der Waals surface area contributed by atoms with E-state index in [9.17, 15) is 15.3 Å². The number of rotatable bonds is 5. The van der Waals surface area contributed by atoms with Crippen LogP contribution in [0.15, 0.2) is 0 Å². The Balaban J connectivity index is 1.53. The lowest BCUT2D eigenvalue weighted by Crippen LogP contribution is -2.57. The predicted molar refractivity (Wildman–Crippen MR) is 122 cm³/mol. The van der Waals surface area contributed by atoms with Gasteiger partial charge in [0.15, 0.2) is 0 Å². The van der Waals surface area contributed by atoms with Crippen molar-refractivity contribution in [3.05, 3.63) is 0 Å². The van der Waals surface area contributed by atoms with Crippen LogP contribution in [0.4, 0.5) is 0 Å². The predicted octanol–water partition coefficient (Wildman–Crippen LogP) is 5.55. The number of fused-ring (bicyclic) bond motifs is 5. The highest BCUT2D eigenvalue weighted by Crippen LogP contribution is 2.68. The van der Waals surface area contributed by atoms with Crippen molar-refractivity contribution < 1.29 is 15.3 Å². The van der Waals surface area contributed by atoms with E-state index in [0.29, 0.717) is 29.6 Å². The molecule has 4 aliphatic carbocycles. The van der Waals surface area contributed by atoms with Crippen molar-refractivity contribution >= 4 is 0 Å². The Kier molecular flexibility index (Phi) is 6.17. The van der Waals surface area contributed by atoms with Gasteiger partial charge < -0.3 is 15.3 Å². The van der Waals surface area contributed by atoms with Gasteiger partial charge in [0.2, 0.25) is 0 Å². The quantitative estimate of drug-likeness (QED) is 0.546. The standard InChI is InChI=1S/C27H48O3/c1-17(2)6-11-24(29)27(5,30)23-10-9-21-20-8-7-18-16-19(28)12-14-25(18,3)22(20)13-15-26(21,23)4/h17-24,28-30H,6-16H2,1-5H3/t18?,19?,20-,21-,22-,23-,24?,25-,26-,27+/m0/s1. The topological polar surface area (TPSA) is 60.7 Å². The lowest BCUT2D eigenvalue weighted by atomic mass is 9.44. The fourth-order valence-corrected chi connectivity index (χ4v) is 9.21. The van der Waals surface area contributed by atoms with E-state index in [-0.39, 0.29) is 17.4 Å². The number of hydrogen-bond donors (Lipinski definition) is 3. The first kappa shape index (κ1) is 23.1. The molecule has 3 nitrogen and oxygen atoms in total. The average Bonchev–Trinajstić information content (AvgIpc) is 3.04. The van der Waals surface area contributed by atoms with Gasteiger partial charge in [0.1, 0.15) is 0 Å². The van der Waals surface area contributed by atoms with Crippen molar-refractivity contribution in [2.45, 2.75) is 123 Å². The summed E-state index contributed by atoms with van der Waals surface area (Å²) >= 11 is 0. The fraction of sp³-hybridized carbons (Fsp3) is 1.00. The first-order chi connectivity index (χ1) is 14.0. The summed E-state index contributed by atoms with van der Waals surface area (Å²) in [6, 6.07) is 0. The molecule has 0 amide bonds. The molecule has 0 heterocycles. The van der Waals surface area contributed by atoms with Crippen molar-refractivity contribution in [1.29, 1.82) is 0 Å². The molecule has 4 aliphatic rings. The third-order valence-electron chi connectivity index (χ3n) is 11.0. The minimum atomic E-state index is -0.985. The Morgan fingerprint density at radius 3 is 2.27 bits per heavy atom. The third-order valence-corrected chi connectivity index (χ3v) is 11.0. The smallest absolute Gasteiger partial charge is 0.0910 e. The van der Waals surface area contributed by atoms with Crippen molar-refractivity contribution in [1.82, 2.24) is 0 Å². The fourth-order valence-electron chi connectivity index (χ4n) is 9.21. The van der Waals surface area contributed by atoms with Crippen LogP contribution in [-0.4, -0.2) is 33.1 Å². The van der Waals surface area contributed by atoms with Crippen LogP contribution in [0.1, 0.15) is 105 Å². The SMILES string of the molecule is CC(C)CCC(O)[C@](C)(O)[C@H]1CC[C@H]2[C@@H]3CCC4CC(O)CC[C@]4(C)[C@H]3CC[C@@]21C. The zero-order valence-electron chi connectivity index (χ0n) is 20.2. The zero-order valence-corrected chi connectivity index (χ0v) is 20.2. The van der Waals surface area contributed by atoms with E-state index in [1.807, 2.05) is 6.92 Å². The molecule has 4 saturated carbocycles. The van der Waals surface area contributed by atoms with Crippen molar-refractivity contribution in [3.8, 4) is 0 Å². The lowest BCUT2D eigenvalue weighted by molar-refractivity contribution is -0.167. The molecule has 4 rings (SSSR count). The molecular weight excluding hydrogens is 372 g/mol. The van der Waals surface area contributed by atoms with E-state index < -0.39 is 11.7 Å². The Morgan fingerprint density at radius 2 is 1.57 bits per heavy atom. The van der Waals surface area contributed by atoms with E-state index in [1.165, 1.54) is 38.5 Å². The molecule has 3 heteroatoms. The Morgan fingerprint density at radius 1 is 0.900 bits per heavy atom. The van der Waals surface area contributed by atoms with Gasteiger partial charge in [-0.05, 0) is 124 Å². The van der Waals surface area contributed by atoms with E-state index in [1.54, 1.807) is 0 Å². The van der Waals surface area contributed by atoms with Crippen LogP contribution < -0.4 is 0 Å². The first-order valence-electron chi connectivity index (χ1n) is 13.1. The highest BCUT2D eigenvalue weighted by atomic mass is 16.3. The Labute approximate surface area is 185 Å². The van der Waals surface area contributed by atoms with Crippen LogP contribution in [0.3, 0.4) is 0 Å². The van der Waals surface area contributed by atoms with Gasteiger partial charge in [-0.3, -0.25) is 0 Å². The first-order valence-corrected chi connectivity index (χ1v) is 13.1. The van der Waals surface area contributed by atoms with Gasteiger partial charge in [-0.2, -0.15) is 0 Å². The van der Waals surface area contributed by atoms with Crippen molar-refractivity contribution in [2.75, 3.05) is 0 Å². The van der Waals surface area contributed by atoms with Crippen LogP contribution in [0, 0.1) is 46.3 Å². The van der Waals surface area contributed by atoms with Gasteiger partial charge >= 0.3 is 0 Å². The third kappa shape index (κ3) is 3.59. The monoisotopic (exact) mass is 420 g/mol. The highest BCUT2D eigenvalue weighted by Gasteiger charge is 2.63. The van der Waals surface area contributed by atoms with Gasteiger partial charge in [-0.25, -0.2) is 0 Å². The summed E-state index contributed by atoms with van der Waals surface area (Å²) in [7, 11) is 0.